The first-order chi connectivity index (χ1) is 11.6. The number of hydrogen-bond acceptors (Lipinski definition) is 2. The summed E-state index contributed by atoms with van der Waals surface area (Å²) >= 11 is 0. The van der Waals surface area contributed by atoms with Crippen molar-refractivity contribution in [1.29, 1.82) is 0 Å². The van der Waals surface area contributed by atoms with Crippen LogP contribution >= 0.6 is 0 Å². The van der Waals surface area contributed by atoms with Crippen molar-refractivity contribution >= 4 is 17.6 Å². The van der Waals surface area contributed by atoms with E-state index in [4.69, 9.17) is 0 Å². The summed E-state index contributed by atoms with van der Waals surface area (Å²) in [5.74, 6) is -1.64. The minimum absolute atomic E-state index is 0.0567. The number of benzene rings is 3. The van der Waals surface area contributed by atoms with Crippen molar-refractivity contribution in [1.82, 2.24) is 0 Å². The number of rotatable bonds is 4. The summed E-state index contributed by atoms with van der Waals surface area (Å²) < 4.78 is 13.0. The second-order valence-electron chi connectivity index (χ2n) is 5.34. The van der Waals surface area contributed by atoms with Gasteiger partial charge in [-0.15, -0.1) is 0 Å². The van der Waals surface area contributed by atoms with Crippen molar-refractivity contribution in [2.24, 2.45) is 0 Å². The number of carbonyl (C=O) groups is 1. The molecule has 24 heavy (non-hydrogen) atoms. The van der Waals surface area contributed by atoms with Crippen molar-refractivity contribution in [2.45, 2.75) is 0 Å². The third kappa shape index (κ3) is 3.58. The second-order valence-corrected chi connectivity index (χ2v) is 5.34. The summed E-state index contributed by atoms with van der Waals surface area (Å²) in [4.78, 5) is 11.5. The van der Waals surface area contributed by atoms with Crippen LogP contribution < -0.4 is 5.11 Å². The molecule has 0 bridgehead atoms. The number of aliphatic carboxylic acids is 1. The summed E-state index contributed by atoms with van der Waals surface area (Å²) in [6.45, 7) is 0. The van der Waals surface area contributed by atoms with Gasteiger partial charge in [0.2, 0.25) is 0 Å². The first-order valence-electron chi connectivity index (χ1n) is 7.48. The number of hydrogen-bond donors (Lipinski definition) is 0. The lowest BCUT2D eigenvalue weighted by atomic mass is 9.99. The molecular weight excluding hydrogens is 303 g/mol. The molecule has 0 aliphatic carbocycles. The van der Waals surface area contributed by atoms with Crippen molar-refractivity contribution in [2.75, 3.05) is 0 Å². The van der Waals surface area contributed by atoms with E-state index in [0.29, 0.717) is 11.1 Å². The maximum Gasteiger partial charge on any atom is 0.123 e. The minimum atomic E-state index is -1.27. The van der Waals surface area contributed by atoms with Crippen LogP contribution in [-0.2, 0) is 4.79 Å². The molecule has 0 saturated heterocycles. The fourth-order valence-corrected chi connectivity index (χ4v) is 2.46. The Bertz CT molecular complexity index is 864. The molecule has 0 atom stereocenters. The largest absolute Gasteiger partial charge is 0.545 e. The molecule has 0 aliphatic rings. The highest BCUT2D eigenvalue weighted by Crippen LogP contribution is 2.23. The first kappa shape index (κ1) is 15.7. The highest BCUT2D eigenvalue weighted by Gasteiger charge is 2.05. The van der Waals surface area contributed by atoms with E-state index in [2.05, 4.69) is 0 Å². The Morgan fingerprint density at radius 1 is 0.792 bits per heavy atom. The van der Waals surface area contributed by atoms with Crippen LogP contribution in [0.15, 0.2) is 78.9 Å². The SMILES string of the molecule is O=C([O-])/C(=C\c1ccc(F)cc1)c1ccc(-c2ccccc2)cc1. The molecule has 0 unspecified atom stereocenters. The zero-order valence-electron chi connectivity index (χ0n) is 12.8. The molecule has 0 saturated carbocycles. The second kappa shape index (κ2) is 6.92. The van der Waals surface area contributed by atoms with E-state index in [-0.39, 0.29) is 11.4 Å². The lowest BCUT2D eigenvalue weighted by Gasteiger charge is -2.10. The Morgan fingerprint density at radius 3 is 1.96 bits per heavy atom. The molecule has 2 nitrogen and oxygen atoms in total. The van der Waals surface area contributed by atoms with Gasteiger partial charge in [0.25, 0.3) is 0 Å². The molecule has 0 aliphatic heterocycles. The van der Waals surface area contributed by atoms with Crippen LogP contribution in [-0.4, -0.2) is 5.97 Å². The summed E-state index contributed by atoms with van der Waals surface area (Å²) in [6, 6.07) is 22.7. The Morgan fingerprint density at radius 2 is 1.38 bits per heavy atom. The van der Waals surface area contributed by atoms with Gasteiger partial charge in [-0.25, -0.2) is 4.39 Å². The van der Waals surface area contributed by atoms with Crippen LogP contribution in [0, 0.1) is 5.82 Å². The Balaban J connectivity index is 1.95. The third-order valence-electron chi connectivity index (χ3n) is 3.70. The van der Waals surface area contributed by atoms with Gasteiger partial charge < -0.3 is 9.90 Å². The van der Waals surface area contributed by atoms with Crippen molar-refractivity contribution < 1.29 is 14.3 Å². The predicted octanol–water partition coefficient (Wildman–Crippen LogP) is 3.78. The summed E-state index contributed by atoms with van der Waals surface area (Å²) in [5, 5.41) is 11.5. The van der Waals surface area contributed by atoms with Crippen LogP contribution in [0.3, 0.4) is 0 Å². The Labute approximate surface area is 139 Å². The molecule has 118 valence electrons. The smallest absolute Gasteiger partial charge is 0.123 e. The first-order valence-corrected chi connectivity index (χ1v) is 7.48. The zero-order valence-corrected chi connectivity index (χ0v) is 12.8. The highest BCUT2D eigenvalue weighted by molar-refractivity contribution is 6.19. The van der Waals surface area contributed by atoms with E-state index in [1.807, 2.05) is 42.5 Å². The van der Waals surface area contributed by atoms with Gasteiger partial charge in [0.05, 0.1) is 5.97 Å². The van der Waals surface area contributed by atoms with Gasteiger partial charge in [-0.3, -0.25) is 0 Å². The lowest BCUT2D eigenvalue weighted by Crippen LogP contribution is -2.23. The van der Waals surface area contributed by atoms with Gasteiger partial charge in [-0.2, -0.15) is 0 Å². The van der Waals surface area contributed by atoms with Gasteiger partial charge in [-0.05, 0) is 40.5 Å². The van der Waals surface area contributed by atoms with Crippen LogP contribution in [0.25, 0.3) is 22.8 Å². The quantitative estimate of drug-likeness (QED) is 0.543. The van der Waals surface area contributed by atoms with Crippen LogP contribution in [0.4, 0.5) is 4.39 Å². The normalized spacial score (nSPS) is 11.3. The standard InChI is InChI=1S/C21H15FO2/c22-19-12-6-15(7-13-19)14-20(21(23)24)18-10-8-17(9-11-18)16-4-2-1-3-5-16/h1-14H,(H,23,24)/p-1/b20-14-. The van der Waals surface area contributed by atoms with E-state index in [9.17, 15) is 14.3 Å². The van der Waals surface area contributed by atoms with E-state index in [1.165, 1.54) is 30.3 Å². The van der Waals surface area contributed by atoms with Crippen molar-refractivity contribution in [3.8, 4) is 11.1 Å². The molecule has 0 heterocycles. The molecule has 0 fully saturated rings. The number of carboxylic acid groups (broad SMARTS) is 1. The van der Waals surface area contributed by atoms with E-state index in [1.54, 1.807) is 12.1 Å². The average Bonchev–Trinajstić information content (AvgIpc) is 2.62. The van der Waals surface area contributed by atoms with Gasteiger partial charge in [0.1, 0.15) is 5.82 Å². The Hall–Kier alpha value is -3.20. The molecule has 0 N–H and O–H groups in total. The fourth-order valence-electron chi connectivity index (χ4n) is 2.46. The van der Waals surface area contributed by atoms with Crippen LogP contribution in [0.1, 0.15) is 11.1 Å². The van der Waals surface area contributed by atoms with Crippen LogP contribution in [0.5, 0.6) is 0 Å². The molecule has 0 amide bonds. The summed E-state index contributed by atoms with van der Waals surface area (Å²) in [6.07, 6.45) is 1.48. The van der Waals surface area contributed by atoms with Crippen LogP contribution in [0.2, 0.25) is 0 Å². The molecule has 0 spiro atoms. The van der Waals surface area contributed by atoms with Gasteiger partial charge >= 0.3 is 0 Å². The van der Waals surface area contributed by atoms with Gasteiger partial charge in [0.15, 0.2) is 0 Å². The molecule has 3 aromatic carbocycles. The number of halogens is 1. The molecular formula is C21H14FO2-. The average molecular weight is 317 g/mol. The molecule has 0 aromatic heterocycles. The van der Waals surface area contributed by atoms with Crippen molar-refractivity contribution in [3.63, 3.8) is 0 Å². The number of carbonyl (C=O) groups excluding carboxylic acids is 1. The van der Waals surface area contributed by atoms with E-state index in [0.717, 1.165) is 11.1 Å². The van der Waals surface area contributed by atoms with E-state index >= 15 is 0 Å². The molecule has 3 rings (SSSR count). The summed E-state index contributed by atoms with van der Waals surface area (Å²) in [5.41, 5.74) is 3.25. The topological polar surface area (TPSA) is 40.1 Å². The van der Waals surface area contributed by atoms with Gasteiger partial charge in [-0.1, -0.05) is 66.7 Å². The van der Waals surface area contributed by atoms with E-state index < -0.39 is 5.97 Å². The third-order valence-corrected chi connectivity index (χ3v) is 3.70. The van der Waals surface area contributed by atoms with Gasteiger partial charge in [0, 0.05) is 5.57 Å². The van der Waals surface area contributed by atoms with Crippen molar-refractivity contribution in [3.05, 3.63) is 95.8 Å². The molecule has 3 heteroatoms. The minimum Gasteiger partial charge on any atom is -0.545 e. The maximum atomic E-state index is 13.0. The highest BCUT2D eigenvalue weighted by atomic mass is 19.1. The monoisotopic (exact) mass is 317 g/mol. The number of carboxylic acids is 1. The maximum absolute atomic E-state index is 13.0. The molecule has 0 radical (unpaired) electrons. The predicted molar refractivity (Wildman–Crippen MR) is 91.2 cm³/mol. The lowest BCUT2D eigenvalue weighted by molar-refractivity contribution is -0.295. The summed E-state index contributed by atoms with van der Waals surface area (Å²) in [7, 11) is 0. The Kier molecular flexibility index (Phi) is 4.52. The zero-order chi connectivity index (χ0) is 16.9. The fraction of sp³-hybridized carbons (Fsp3) is 0. The molecule has 3 aromatic rings.